The van der Waals surface area contributed by atoms with E-state index in [0.29, 0.717) is 29.4 Å². The van der Waals surface area contributed by atoms with Crippen LogP contribution in [0.1, 0.15) is 11.3 Å². The van der Waals surface area contributed by atoms with Gasteiger partial charge in [-0.25, -0.2) is 0 Å². The molecule has 1 N–H and O–H groups in total. The summed E-state index contributed by atoms with van der Waals surface area (Å²) in [6.07, 6.45) is 1.57. The zero-order chi connectivity index (χ0) is 18.4. The molecule has 0 aliphatic heterocycles. The molecule has 0 unspecified atom stereocenters. The molecule has 0 bridgehead atoms. The van der Waals surface area contributed by atoms with Crippen molar-refractivity contribution >= 4 is 11.9 Å². The molecule has 0 spiro atoms. The standard InChI is InChI=1S/C19H17N3O4/c1-25-19-11-15(22(23)24)7-9-17(19)18-10-8-16(26-18)13-21-20-12-14-5-3-2-4-6-14/h2-11,13,20H,12H2,1H3. The fraction of sp³-hybridized carbons (Fsp3) is 0.105. The first-order valence-electron chi connectivity index (χ1n) is 7.90. The van der Waals surface area contributed by atoms with Crippen molar-refractivity contribution in [2.75, 3.05) is 7.11 Å². The van der Waals surface area contributed by atoms with E-state index in [1.54, 1.807) is 24.4 Å². The normalized spacial score (nSPS) is 10.8. The number of ether oxygens (including phenoxy) is 1. The minimum Gasteiger partial charge on any atom is -0.496 e. The monoisotopic (exact) mass is 351 g/mol. The summed E-state index contributed by atoms with van der Waals surface area (Å²) in [6.45, 7) is 0.612. The maximum Gasteiger partial charge on any atom is 0.273 e. The molecule has 3 aromatic rings. The predicted molar refractivity (Wildman–Crippen MR) is 98.2 cm³/mol. The Balaban J connectivity index is 1.69. The number of rotatable bonds is 7. The van der Waals surface area contributed by atoms with E-state index < -0.39 is 4.92 Å². The van der Waals surface area contributed by atoms with Crippen LogP contribution in [0.15, 0.2) is 70.2 Å². The summed E-state index contributed by atoms with van der Waals surface area (Å²) in [6, 6.07) is 17.8. The van der Waals surface area contributed by atoms with Gasteiger partial charge in [0.2, 0.25) is 0 Å². The number of nitro benzene ring substituents is 1. The summed E-state index contributed by atoms with van der Waals surface area (Å²) in [5.74, 6) is 1.47. The Bertz CT molecular complexity index is 920. The molecular weight excluding hydrogens is 334 g/mol. The highest BCUT2D eigenvalue weighted by Gasteiger charge is 2.15. The van der Waals surface area contributed by atoms with Crippen molar-refractivity contribution in [2.24, 2.45) is 5.10 Å². The molecule has 1 heterocycles. The van der Waals surface area contributed by atoms with Crippen molar-refractivity contribution in [1.29, 1.82) is 0 Å². The largest absolute Gasteiger partial charge is 0.496 e. The Labute approximate surface area is 150 Å². The second kappa shape index (κ2) is 7.98. The molecule has 132 valence electrons. The van der Waals surface area contributed by atoms with Gasteiger partial charge < -0.3 is 14.6 Å². The van der Waals surface area contributed by atoms with Crippen LogP contribution >= 0.6 is 0 Å². The van der Waals surface area contributed by atoms with Gasteiger partial charge >= 0.3 is 0 Å². The van der Waals surface area contributed by atoms with E-state index in [1.807, 2.05) is 30.3 Å². The third kappa shape index (κ3) is 4.07. The Morgan fingerprint density at radius 3 is 2.73 bits per heavy atom. The highest BCUT2D eigenvalue weighted by molar-refractivity contribution is 5.78. The summed E-state index contributed by atoms with van der Waals surface area (Å²) in [7, 11) is 1.46. The van der Waals surface area contributed by atoms with Crippen molar-refractivity contribution < 1.29 is 14.1 Å². The number of nitrogens with zero attached hydrogens (tertiary/aromatic N) is 2. The van der Waals surface area contributed by atoms with Gasteiger partial charge in [-0.1, -0.05) is 30.3 Å². The van der Waals surface area contributed by atoms with E-state index in [2.05, 4.69) is 10.5 Å². The number of hydrazone groups is 1. The van der Waals surface area contributed by atoms with Crippen LogP contribution in [-0.2, 0) is 6.54 Å². The van der Waals surface area contributed by atoms with Gasteiger partial charge in [0.25, 0.3) is 5.69 Å². The second-order valence-corrected chi connectivity index (χ2v) is 5.42. The highest BCUT2D eigenvalue weighted by atomic mass is 16.6. The van der Waals surface area contributed by atoms with Crippen LogP contribution in [0.5, 0.6) is 5.75 Å². The maximum atomic E-state index is 10.9. The van der Waals surface area contributed by atoms with Crippen LogP contribution in [0.3, 0.4) is 0 Å². The second-order valence-electron chi connectivity index (χ2n) is 5.42. The van der Waals surface area contributed by atoms with Crippen LogP contribution in [0.4, 0.5) is 5.69 Å². The number of furan rings is 1. The lowest BCUT2D eigenvalue weighted by molar-refractivity contribution is -0.384. The topological polar surface area (TPSA) is 89.9 Å². The minimum atomic E-state index is -0.467. The molecule has 7 nitrogen and oxygen atoms in total. The average molecular weight is 351 g/mol. The smallest absolute Gasteiger partial charge is 0.273 e. The van der Waals surface area contributed by atoms with Gasteiger partial charge in [-0.2, -0.15) is 5.10 Å². The average Bonchev–Trinajstić information content (AvgIpc) is 3.14. The molecule has 0 saturated carbocycles. The van der Waals surface area contributed by atoms with E-state index in [4.69, 9.17) is 9.15 Å². The summed E-state index contributed by atoms with van der Waals surface area (Å²) >= 11 is 0. The van der Waals surface area contributed by atoms with Gasteiger partial charge in [-0.15, -0.1) is 0 Å². The van der Waals surface area contributed by atoms with E-state index in [9.17, 15) is 10.1 Å². The van der Waals surface area contributed by atoms with Gasteiger partial charge in [0.05, 0.1) is 36.4 Å². The molecule has 0 fully saturated rings. The molecular formula is C19H17N3O4. The Hall–Kier alpha value is -3.61. The number of hydrogen-bond acceptors (Lipinski definition) is 6. The number of nitro groups is 1. The molecule has 0 atom stereocenters. The molecule has 0 aliphatic carbocycles. The molecule has 26 heavy (non-hydrogen) atoms. The van der Waals surface area contributed by atoms with Crippen molar-refractivity contribution in [3.05, 3.63) is 82.1 Å². The van der Waals surface area contributed by atoms with Crippen LogP contribution in [0.25, 0.3) is 11.3 Å². The van der Waals surface area contributed by atoms with Crippen LogP contribution in [0, 0.1) is 10.1 Å². The Morgan fingerprint density at radius 2 is 2.00 bits per heavy atom. The van der Waals surface area contributed by atoms with Gasteiger partial charge in [0.15, 0.2) is 0 Å². The van der Waals surface area contributed by atoms with E-state index in [0.717, 1.165) is 5.56 Å². The third-order valence-electron chi connectivity index (χ3n) is 3.70. The molecule has 0 saturated heterocycles. The summed E-state index contributed by atoms with van der Waals surface area (Å²) in [4.78, 5) is 10.4. The number of methoxy groups -OCH3 is 1. The first kappa shape index (κ1) is 17.2. The van der Waals surface area contributed by atoms with E-state index >= 15 is 0 Å². The number of hydrogen-bond donors (Lipinski definition) is 1. The summed E-state index contributed by atoms with van der Waals surface area (Å²) < 4.78 is 11.0. The molecule has 0 radical (unpaired) electrons. The highest BCUT2D eigenvalue weighted by Crippen LogP contribution is 2.33. The zero-order valence-electron chi connectivity index (χ0n) is 14.1. The fourth-order valence-corrected chi connectivity index (χ4v) is 2.41. The van der Waals surface area contributed by atoms with Crippen molar-refractivity contribution in [3.63, 3.8) is 0 Å². The van der Waals surface area contributed by atoms with E-state index in [-0.39, 0.29) is 5.69 Å². The lowest BCUT2D eigenvalue weighted by atomic mass is 10.1. The van der Waals surface area contributed by atoms with Crippen molar-refractivity contribution in [1.82, 2.24) is 5.43 Å². The lowest BCUT2D eigenvalue weighted by Crippen LogP contribution is -2.04. The van der Waals surface area contributed by atoms with Crippen LogP contribution in [0.2, 0.25) is 0 Å². The minimum absolute atomic E-state index is 0.0379. The van der Waals surface area contributed by atoms with E-state index in [1.165, 1.54) is 19.2 Å². The molecule has 1 aromatic heterocycles. The van der Waals surface area contributed by atoms with Gasteiger partial charge in [-0.3, -0.25) is 10.1 Å². The predicted octanol–water partition coefficient (Wildman–Crippen LogP) is 3.99. The number of nitrogens with one attached hydrogen (secondary N) is 1. The number of benzene rings is 2. The maximum absolute atomic E-state index is 10.9. The Kier molecular flexibility index (Phi) is 5.28. The molecule has 7 heteroatoms. The summed E-state index contributed by atoms with van der Waals surface area (Å²) in [5.41, 5.74) is 4.67. The van der Waals surface area contributed by atoms with Gasteiger partial charge in [-0.05, 0) is 23.8 Å². The molecule has 2 aromatic carbocycles. The zero-order valence-corrected chi connectivity index (χ0v) is 14.1. The Morgan fingerprint density at radius 1 is 1.19 bits per heavy atom. The molecule has 3 rings (SSSR count). The van der Waals surface area contributed by atoms with Crippen molar-refractivity contribution in [2.45, 2.75) is 6.54 Å². The first-order valence-corrected chi connectivity index (χ1v) is 7.90. The van der Waals surface area contributed by atoms with Crippen LogP contribution in [-0.4, -0.2) is 18.2 Å². The quantitative estimate of drug-likeness (QED) is 0.395. The fourth-order valence-electron chi connectivity index (χ4n) is 2.41. The molecule has 0 aliphatic rings. The van der Waals surface area contributed by atoms with Gasteiger partial charge in [0, 0.05) is 6.07 Å². The van der Waals surface area contributed by atoms with Gasteiger partial charge in [0.1, 0.15) is 17.3 Å². The lowest BCUT2D eigenvalue weighted by Gasteiger charge is -2.05. The SMILES string of the molecule is COc1cc([N+](=O)[O-])ccc1-c1ccc(C=NNCc2ccccc2)o1. The van der Waals surface area contributed by atoms with Crippen molar-refractivity contribution in [3.8, 4) is 17.1 Å². The van der Waals surface area contributed by atoms with Crippen LogP contribution < -0.4 is 10.2 Å². The first-order chi connectivity index (χ1) is 12.7. The summed E-state index contributed by atoms with van der Waals surface area (Å²) in [5, 5.41) is 15.0. The third-order valence-corrected chi connectivity index (χ3v) is 3.70. The molecule has 0 amide bonds. The number of non-ortho nitro benzene ring substituents is 1.